The van der Waals surface area contributed by atoms with Crippen LogP contribution in [0.1, 0.15) is 22.8 Å². The summed E-state index contributed by atoms with van der Waals surface area (Å²) in [6.45, 7) is 2.59. The summed E-state index contributed by atoms with van der Waals surface area (Å²) in [5.41, 5.74) is 3.51. The fourth-order valence-electron chi connectivity index (χ4n) is 2.93. The molecule has 10 heteroatoms. The van der Waals surface area contributed by atoms with Crippen molar-refractivity contribution in [3.63, 3.8) is 0 Å². The van der Waals surface area contributed by atoms with Crippen LogP contribution in [-0.2, 0) is 25.9 Å². The highest BCUT2D eigenvalue weighted by Gasteiger charge is 2.02. The van der Waals surface area contributed by atoms with Crippen LogP contribution in [0.2, 0.25) is 0 Å². The maximum absolute atomic E-state index is 4.40. The molecule has 0 aliphatic heterocycles. The zero-order chi connectivity index (χ0) is 21.8. The van der Waals surface area contributed by atoms with E-state index < -0.39 is 0 Å². The molecular weight excluding hydrogens is 404 g/mol. The summed E-state index contributed by atoms with van der Waals surface area (Å²) in [7, 11) is 0. The molecule has 0 aliphatic rings. The molecule has 0 aromatic carbocycles. The second-order valence-electron chi connectivity index (χ2n) is 7.03. The van der Waals surface area contributed by atoms with Crippen LogP contribution < -0.4 is 0 Å². The minimum Gasteiger partial charge on any atom is -0.290 e. The molecule has 0 saturated carbocycles. The first kappa shape index (κ1) is 21.2. The van der Waals surface area contributed by atoms with Crippen LogP contribution in [0.3, 0.4) is 0 Å². The van der Waals surface area contributed by atoms with E-state index in [1.54, 1.807) is 34.2 Å². The molecular formula is C22H24N10. The Bertz CT molecular complexity index is 1040. The van der Waals surface area contributed by atoms with E-state index >= 15 is 0 Å². The van der Waals surface area contributed by atoms with Gasteiger partial charge in [0, 0.05) is 49.7 Å². The van der Waals surface area contributed by atoms with Crippen LogP contribution in [-0.4, -0.2) is 65.5 Å². The van der Waals surface area contributed by atoms with E-state index in [9.17, 15) is 0 Å². The van der Waals surface area contributed by atoms with Crippen molar-refractivity contribution >= 4 is 12.4 Å². The second kappa shape index (κ2) is 11.3. The van der Waals surface area contributed by atoms with Crippen LogP contribution in [0.15, 0.2) is 71.2 Å². The largest absolute Gasteiger partial charge is 0.290 e. The van der Waals surface area contributed by atoms with Crippen molar-refractivity contribution in [2.45, 2.75) is 25.9 Å². The average Bonchev–Trinajstić information content (AvgIpc) is 3.49. The third-order valence-electron chi connectivity index (χ3n) is 4.56. The molecule has 162 valence electrons. The highest BCUT2D eigenvalue weighted by atomic mass is 15.5. The first-order valence-corrected chi connectivity index (χ1v) is 10.4. The van der Waals surface area contributed by atoms with Crippen molar-refractivity contribution in [3.05, 3.63) is 84.0 Å². The molecule has 0 aliphatic carbocycles. The van der Waals surface area contributed by atoms with Gasteiger partial charge in [0.2, 0.25) is 0 Å². The maximum atomic E-state index is 4.40. The van der Waals surface area contributed by atoms with E-state index in [0.29, 0.717) is 26.2 Å². The van der Waals surface area contributed by atoms with Gasteiger partial charge in [0.1, 0.15) is 11.4 Å². The summed E-state index contributed by atoms with van der Waals surface area (Å²) in [6.07, 6.45) is 12.4. The van der Waals surface area contributed by atoms with E-state index in [4.69, 9.17) is 0 Å². The van der Waals surface area contributed by atoms with Gasteiger partial charge in [0.15, 0.2) is 0 Å². The molecule has 0 spiro atoms. The van der Waals surface area contributed by atoms with Crippen LogP contribution in [0, 0.1) is 0 Å². The SMILES string of the molecule is C(=NCCc1ccccn1)c1cn(CCn2cc(C=NCCc3ccccn3)nn2)nn1. The number of hydrogen-bond donors (Lipinski definition) is 0. The molecule has 4 heterocycles. The Morgan fingerprint density at radius 1 is 0.688 bits per heavy atom. The van der Waals surface area contributed by atoms with Crippen LogP contribution >= 0.6 is 0 Å². The summed E-state index contributed by atoms with van der Waals surface area (Å²) in [5.74, 6) is 0. The number of aromatic nitrogens is 8. The van der Waals surface area contributed by atoms with Crippen molar-refractivity contribution in [3.8, 4) is 0 Å². The van der Waals surface area contributed by atoms with Gasteiger partial charge in [-0.2, -0.15) is 0 Å². The van der Waals surface area contributed by atoms with Crippen LogP contribution in [0.4, 0.5) is 0 Å². The van der Waals surface area contributed by atoms with E-state index in [-0.39, 0.29) is 0 Å². The zero-order valence-corrected chi connectivity index (χ0v) is 17.6. The van der Waals surface area contributed by atoms with Gasteiger partial charge < -0.3 is 0 Å². The van der Waals surface area contributed by atoms with Gasteiger partial charge in [0.25, 0.3) is 0 Å². The first-order chi connectivity index (χ1) is 15.8. The Morgan fingerprint density at radius 3 is 1.62 bits per heavy atom. The van der Waals surface area contributed by atoms with Crippen molar-refractivity contribution in [1.29, 1.82) is 0 Å². The van der Waals surface area contributed by atoms with Gasteiger partial charge in [0.05, 0.1) is 37.9 Å². The van der Waals surface area contributed by atoms with E-state index in [1.165, 1.54) is 0 Å². The summed E-state index contributed by atoms with van der Waals surface area (Å²) < 4.78 is 3.53. The topological polar surface area (TPSA) is 112 Å². The Hall–Kier alpha value is -4.08. The van der Waals surface area contributed by atoms with Crippen LogP contribution in [0.25, 0.3) is 0 Å². The molecule has 0 saturated heterocycles. The third kappa shape index (κ3) is 6.73. The highest BCUT2D eigenvalue weighted by Crippen LogP contribution is 1.98. The van der Waals surface area contributed by atoms with Crippen LogP contribution in [0.5, 0.6) is 0 Å². The Kier molecular flexibility index (Phi) is 7.51. The summed E-state index contributed by atoms with van der Waals surface area (Å²) in [4.78, 5) is 17.4. The molecule has 4 aromatic heterocycles. The fourth-order valence-corrected chi connectivity index (χ4v) is 2.93. The second-order valence-corrected chi connectivity index (χ2v) is 7.03. The first-order valence-electron chi connectivity index (χ1n) is 10.4. The fraction of sp³-hybridized carbons (Fsp3) is 0.273. The molecule has 0 radical (unpaired) electrons. The zero-order valence-electron chi connectivity index (χ0n) is 17.6. The van der Waals surface area contributed by atoms with Crippen molar-refractivity contribution < 1.29 is 0 Å². The number of rotatable bonds is 11. The lowest BCUT2D eigenvalue weighted by molar-refractivity contribution is 0.480. The summed E-state index contributed by atoms with van der Waals surface area (Å²) in [5, 5.41) is 16.5. The minimum absolute atomic E-state index is 0.633. The molecule has 4 rings (SSSR count). The molecule has 4 aromatic rings. The van der Waals surface area contributed by atoms with Gasteiger partial charge in [-0.1, -0.05) is 22.6 Å². The number of hydrogen-bond acceptors (Lipinski definition) is 8. The van der Waals surface area contributed by atoms with Gasteiger partial charge in [-0.3, -0.25) is 29.3 Å². The maximum Gasteiger partial charge on any atom is 0.123 e. The monoisotopic (exact) mass is 428 g/mol. The molecule has 0 bridgehead atoms. The van der Waals surface area contributed by atoms with Gasteiger partial charge in [-0.15, -0.1) is 10.2 Å². The van der Waals surface area contributed by atoms with Gasteiger partial charge >= 0.3 is 0 Å². The smallest absolute Gasteiger partial charge is 0.123 e. The molecule has 0 atom stereocenters. The molecule has 0 N–H and O–H groups in total. The number of aliphatic imine (C=N–C) groups is 2. The van der Waals surface area contributed by atoms with E-state index in [1.807, 2.05) is 48.8 Å². The summed E-state index contributed by atoms with van der Waals surface area (Å²) in [6, 6.07) is 11.8. The third-order valence-corrected chi connectivity index (χ3v) is 4.56. The summed E-state index contributed by atoms with van der Waals surface area (Å²) >= 11 is 0. The van der Waals surface area contributed by atoms with Gasteiger partial charge in [-0.05, 0) is 24.3 Å². The Labute approximate surface area is 185 Å². The van der Waals surface area contributed by atoms with Gasteiger partial charge in [-0.25, -0.2) is 0 Å². The quantitative estimate of drug-likeness (QED) is 0.336. The lowest BCUT2D eigenvalue weighted by Crippen LogP contribution is -2.08. The number of aryl methyl sites for hydroxylation is 2. The molecule has 0 amide bonds. The standard InChI is InChI=1S/C22H24N10/c1-3-9-25-19(5-1)7-11-23-15-21-17-31(29-27-21)13-14-32-18-22(28-30-32)16-24-12-8-20-6-2-4-10-26-20/h1-6,9-10,15-18H,7-8,11-14H2. The predicted molar refractivity (Wildman–Crippen MR) is 121 cm³/mol. The predicted octanol–water partition coefficient (Wildman–Crippen LogP) is 1.68. The van der Waals surface area contributed by atoms with E-state index in [0.717, 1.165) is 35.6 Å². The molecule has 0 fully saturated rings. The number of pyridine rings is 2. The minimum atomic E-state index is 0.633. The molecule has 10 nitrogen and oxygen atoms in total. The number of nitrogens with zero attached hydrogens (tertiary/aromatic N) is 10. The Balaban J connectivity index is 1.18. The molecule has 32 heavy (non-hydrogen) atoms. The lowest BCUT2D eigenvalue weighted by atomic mass is 10.3. The highest BCUT2D eigenvalue weighted by molar-refractivity contribution is 5.76. The average molecular weight is 429 g/mol. The molecule has 0 unspecified atom stereocenters. The van der Waals surface area contributed by atoms with Crippen molar-refractivity contribution in [2.75, 3.05) is 13.1 Å². The lowest BCUT2D eigenvalue weighted by Gasteiger charge is -1.99. The van der Waals surface area contributed by atoms with Crippen molar-refractivity contribution in [1.82, 2.24) is 40.0 Å². The van der Waals surface area contributed by atoms with E-state index in [2.05, 4.69) is 40.6 Å². The normalized spacial score (nSPS) is 11.6. The Morgan fingerprint density at radius 2 is 1.19 bits per heavy atom. The van der Waals surface area contributed by atoms with Crippen molar-refractivity contribution in [2.24, 2.45) is 9.98 Å².